The normalized spacial score (nSPS) is 19.1. The van der Waals surface area contributed by atoms with E-state index in [4.69, 9.17) is 4.74 Å². The number of aromatic nitrogens is 1. The second-order valence-electron chi connectivity index (χ2n) is 4.91. The van der Waals surface area contributed by atoms with Gasteiger partial charge in [-0.15, -0.1) is 0 Å². The molecule has 0 aliphatic carbocycles. The van der Waals surface area contributed by atoms with E-state index in [1.165, 1.54) is 36.3 Å². The summed E-state index contributed by atoms with van der Waals surface area (Å²) in [6.45, 7) is 2.71. The molecule has 0 saturated carbocycles. The number of hydrogen-bond donors (Lipinski definition) is 1. The number of fused-ring (bicyclic) bond motifs is 1. The lowest BCUT2D eigenvalue weighted by Crippen LogP contribution is -2.33. The van der Waals surface area contributed by atoms with Crippen molar-refractivity contribution in [2.75, 3.05) is 19.7 Å². The highest BCUT2D eigenvalue weighted by Gasteiger charge is 2.15. The molecule has 1 aliphatic rings. The van der Waals surface area contributed by atoms with Crippen LogP contribution in [0.3, 0.4) is 0 Å². The van der Waals surface area contributed by atoms with E-state index in [2.05, 4.69) is 10.3 Å². The summed E-state index contributed by atoms with van der Waals surface area (Å²) in [4.78, 5) is 14.6. The van der Waals surface area contributed by atoms with Crippen LogP contribution >= 0.6 is 11.3 Å². The molecule has 0 radical (unpaired) electrons. The summed E-state index contributed by atoms with van der Waals surface area (Å²) < 4.78 is 6.64. The molecule has 0 unspecified atom stereocenters. The van der Waals surface area contributed by atoms with E-state index in [0.717, 1.165) is 17.8 Å². The monoisotopic (exact) mass is 293 g/mol. The number of nitro benzene ring substituents is 1. The molecule has 0 spiro atoms. The molecule has 1 aromatic heterocycles. The highest BCUT2D eigenvalue weighted by Crippen LogP contribution is 2.30. The average molecular weight is 293 g/mol. The van der Waals surface area contributed by atoms with E-state index >= 15 is 0 Å². The smallest absolute Gasteiger partial charge is 0.274 e. The van der Waals surface area contributed by atoms with Crippen LogP contribution in [0.1, 0.15) is 12.8 Å². The van der Waals surface area contributed by atoms with E-state index in [-0.39, 0.29) is 5.69 Å². The molecule has 3 rings (SSSR count). The molecular weight excluding hydrogens is 278 g/mol. The predicted molar refractivity (Wildman–Crippen MR) is 77.4 cm³/mol. The third-order valence-corrected chi connectivity index (χ3v) is 4.35. The Morgan fingerprint density at radius 2 is 2.45 bits per heavy atom. The number of benzene rings is 1. The van der Waals surface area contributed by atoms with Gasteiger partial charge < -0.3 is 10.1 Å². The fraction of sp³-hybridized carbons (Fsp3) is 0.462. The van der Waals surface area contributed by atoms with Gasteiger partial charge in [0.1, 0.15) is 0 Å². The summed E-state index contributed by atoms with van der Waals surface area (Å²) in [6, 6.07) is 4.70. The summed E-state index contributed by atoms with van der Waals surface area (Å²) in [5.41, 5.74) is 0.687. The van der Waals surface area contributed by atoms with Crippen molar-refractivity contribution >= 4 is 27.2 Å². The van der Waals surface area contributed by atoms with Gasteiger partial charge in [-0.25, -0.2) is 4.98 Å². The molecule has 6 nitrogen and oxygen atoms in total. The van der Waals surface area contributed by atoms with Crippen molar-refractivity contribution < 1.29 is 9.66 Å². The average Bonchev–Trinajstić information content (AvgIpc) is 2.88. The Labute approximate surface area is 119 Å². The molecule has 1 fully saturated rings. The number of piperidine rings is 1. The Morgan fingerprint density at radius 3 is 3.20 bits per heavy atom. The first kappa shape index (κ1) is 13.3. The van der Waals surface area contributed by atoms with E-state index in [1.807, 2.05) is 0 Å². The molecule has 1 aromatic carbocycles. The molecule has 0 amide bonds. The van der Waals surface area contributed by atoms with Crippen molar-refractivity contribution in [3.05, 3.63) is 28.3 Å². The van der Waals surface area contributed by atoms with Crippen molar-refractivity contribution in [2.45, 2.75) is 12.8 Å². The maximum atomic E-state index is 10.7. The number of rotatable bonds is 4. The quantitative estimate of drug-likeness (QED) is 0.692. The van der Waals surface area contributed by atoms with E-state index < -0.39 is 4.92 Å². The molecule has 20 heavy (non-hydrogen) atoms. The summed E-state index contributed by atoms with van der Waals surface area (Å²) >= 11 is 1.43. The van der Waals surface area contributed by atoms with E-state index in [0.29, 0.717) is 23.2 Å². The first-order valence-electron chi connectivity index (χ1n) is 6.61. The first-order chi connectivity index (χ1) is 9.72. The Hall–Kier alpha value is -1.73. The molecule has 1 atom stereocenters. The molecule has 1 N–H and O–H groups in total. The van der Waals surface area contributed by atoms with Crippen molar-refractivity contribution in [2.24, 2.45) is 5.92 Å². The van der Waals surface area contributed by atoms with Crippen LogP contribution in [0.2, 0.25) is 0 Å². The minimum atomic E-state index is -0.410. The number of nitro groups is 1. The Morgan fingerprint density at radius 1 is 1.55 bits per heavy atom. The lowest BCUT2D eigenvalue weighted by atomic mass is 10.0. The van der Waals surface area contributed by atoms with Crippen molar-refractivity contribution in [1.82, 2.24) is 10.3 Å². The number of hydrogen-bond acceptors (Lipinski definition) is 6. The van der Waals surface area contributed by atoms with Gasteiger partial charge in [-0.2, -0.15) is 0 Å². The number of ether oxygens (including phenoxy) is 1. The zero-order valence-electron chi connectivity index (χ0n) is 10.9. The van der Waals surface area contributed by atoms with E-state index in [1.54, 1.807) is 6.07 Å². The van der Waals surface area contributed by atoms with E-state index in [9.17, 15) is 10.1 Å². The Kier molecular flexibility index (Phi) is 3.79. The van der Waals surface area contributed by atoms with Crippen LogP contribution in [0.5, 0.6) is 5.19 Å². The Balaban J connectivity index is 1.70. The van der Waals surface area contributed by atoms with Gasteiger partial charge >= 0.3 is 0 Å². The summed E-state index contributed by atoms with van der Waals surface area (Å²) in [6.07, 6.45) is 2.35. The van der Waals surface area contributed by atoms with Crippen LogP contribution in [0.4, 0.5) is 5.69 Å². The van der Waals surface area contributed by atoms with Crippen molar-refractivity contribution in [3.63, 3.8) is 0 Å². The molecule has 2 heterocycles. The molecule has 106 valence electrons. The highest BCUT2D eigenvalue weighted by molar-refractivity contribution is 7.20. The zero-order valence-corrected chi connectivity index (χ0v) is 11.7. The molecular formula is C13H15N3O3S. The predicted octanol–water partition coefficient (Wildman–Crippen LogP) is 2.58. The number of nitrogens with zero attached hydrogens (tertiary/aromatic N) is 2. The SMILES string of the molecule is O=[N+]([O-])c1ccc2sc(OC[C@H]3CCCNC3)nc2c1. The van der Waals surface area contributed by atoms with Gasteiger partial charge in [0, 0.05) is 24.6 Å². The molecule has 1 saturated heterocycles. The van der Waals surface area contributed by atoms with Gasteiger partial charge in [0.2, 0.25) is 0 Å². The van der Waals surface area contributed by atoms with Gasteiger partial charge in [-0.3, -0.25) is 10.1 Å². The Bertz CT molecular complexity index is 622. The van der Waals surface area contributed by atoms with Gasteiger partial charge in [0.05, 0.1) is 21.7 Å². The van der Waals surface area contributed by atoms with Gasteiger partial charge in [0.15, 0.2) is 0 Å². The summed E-state index contributed by atoms with van der Waals surface area (Å²) in [7, 11) is 0. The van der Waals surface area contributed by atoms with Crippen molar-refractivity contribution in [3.8, 4) is 5.19 Å². The van der Waals surface area contributed by atoms with Gasteiger partial charge in [-0.1, -0.05) is 11.3 Å². The van der Waals surface area contributed by atoms with Gasteiger partial charge in [0.25, 0.3) is 10.9 Å². The molecule has 7 heteroatoms. The fourth-order valence-electron chi connectivity index (χ4n) is 2.33. The maximum Gasteiger partial charge on any atom is 0.274 e. The maximum absolute atomic E-state index is 10.7. The lowest BCUT2D eigenvalue weighted by Gasteiger charge is -2.21. The minimum Gasteiger partial charge on any atom is -0.470 e. The van der Waals surface area contributed by atoms with Crippen LogP contribution in [0, 0.1) is 16.0 Å². The third-order valence-electron chi connectivity index (χ3n) is 3.40. The van der Waals surface area contributed by atoms with Gasteiger partial charge in [-0.05, 0) is 25.5 Å². The largest absolute Gasteiger partial charge is 0.470 e. The number of thiazole rings is 1. The number of non-ortho nitro benzene ring substituents is 1. The highest BCUT2D eigenvalue weighted by atomic mass is 32.1. The zero-order chi connectivity index (χ0) is 13.9. The lowest BCUT2D eigenvalue weighted by molar-refractivity contribution is -0.384. The standard InChI is InChI=1S/C13H15N3O3S/c17-16(18)10-3-4-12-11(6-10)15-13(20-12)19-8-9-2-1-5-14-7-9/h3-4,6,9,14H,1-2,5,7-8H2/t9-/m0/s1. The molecule has 0 bridgehead atoms. The number of nitrogens with one attached hydrogen (secondary N) is 1. The fourth-order valence-corrected chi connectivity index (χ4v) is 3.13. The summed E-state index contributed by atoms with van der Waals surface area (Å²) in [5.74, 6) is 0.519. The second-order valence-corrected chi connectivity index (χ2v) is 5.91. The van der Waals surface area contributed by atoms with Crippen molar-refractivity contribution in [1.29, 1.82) is 0 Å². The molecule has 1 aliphatic heterocycles. The third kappa shape index (κ3) is 2.88. The first-order valence-corrected chi connectivity index (χ1v) is 7.42. The molecule has 2 aromatic rings. The van der Waals surface area contributed by atoms with Crippen LogP contribution < -0.4 is 10.1 Å². The van der Waals surface area contributed by atoms with Crippen LogP contribution in [-0.2, 0) is 0 Å². The van der Waals surface area contributed by atoms with Crippen LogP contribution in [0.25, 0.3) is 10.2 Å². The second kappa shape index (κ2) is 5.72. The summed E-state index contributed by atoms with van der Waals surface area (Å²) in [5, 5.41) is 14.7. The van der Waals surface area contributed by atoms with Crippen LogP contribution in [0.15, 0.2) is 18.2 Å². The minimum absolute atomic E-state index is 0.0610. The topological polar surface area (TPSA) is 77.3 Å². The van der Waals surface area contributed by atoms with Crippen LogP contribution in [-0.4, -0.2) is 29.6 Å².